The van der Waals surface area contributed by atoms with Gasteiger partial charge in [-0.05, 0) is 68.8 Å². The van der Waals surface area contributed by atoms with E-state index < -0.39 is 20.7 Å². The standard InChI is InChI=1S/C26H35N3O6S/c1-19-18-21(6-7-22(19)23-4-3-5-24(28-23)35-17-16-30)20-8-14-29(15-9-20)36(32,33)26(25(31)34-2)10-12-27-13-11-26/h3-7,18,20,27,30H,8-17H2,1-2H3. The largest absolute Gasteiger partial charge is 0.475 e. The summed E-state index contributed by atoms with van der Waals surface area (Å²) in [5.74, 6) is 0.0485. The van der Waals surface area contributed by atoms with Gasteiger partial charge in [-0.25, -0.2) is 17.7 Å². The number of aromatic nitrogens is 1. The predicted molar refractivity (Wildman–Crippen MR) is 136 cm³/mol. The van der Waals surface area contributed by atoms with Crippen LogP contribution >= 0.6 is 0 Å². The number of methoxy groups -OCH3 is 1. The van der Waals surface area contributed by atoms with Crippen LogP contribution < -0.4 is 10.1 Å². The summed E-state index contributed by atoms with van der Waals surface area (Å²) in [4.78, 5) is 17.2. The van der Waals surface area contributed by atoms with Crippen molar-refractivity contribution in [1.82, 2.24) is 14.6 Å². The van der Waals surface area contributed by atoms with Gasteiger partial charge in [-0.3, -0.25) is 4.79 Å². The second kappa shape index (κ2) is 11.2. The van der Waals surface area contributed by atoms with Gasteiger partial charge in [0.05, 0.1) is 19.4 Å². The van der Waals surface area contributed by atoms with E-state index in [0.717, 1.165) is 16.8 Å². The Bertz CT molecular complexity index is 1170. The van der Waals surface area contributed by atoms with Gasteiger partial charge in [-0.1, -0.05) is 24.3 Å². The van der Waals surface area contributed by atoms with Gasteiger partial charge < -0.3 is 19.9 Å². The average Bonchev–Trinajstić information content (AvgIpc) is 2.91. The van der Waals surface area contributed by atoms with Crippen LogP contribution in [0.25, 0.3) is 11.3 Å². The molecule has 0 unspecified atom stereocenters. The molecule has 0 amide bonds. The minimum Gasteiger partial charge on any atom is -0.475 e. The van der Waals surface area contributed by atoms with E-state index in [4.69, 9.17) is 14.6 Å². The number of carbonyl (C=O) groups is 1. The first-order chi connectivity index (χ1) is 17.3. The van der Waals surface area contributed by atoms with Gasteiger partial charge in [0, 0.05) is 24.7 Å². The maximum atomic E-state index is 13.6. The third kappa shape index (κ3) is 5.13. The molecule has 2 N–H and O–H groups in total. The molecule has 3 heterocycles. The number of nitrogens with one attached hydrogen (secondary N) is 1. The Kier molecular flexibility index (Phi) is 8.29. The summed E-state index contributed by atoms with van der Waals surface area (Å²) in [6, 6.07) is 11.8. The molecule has 0 spiro atoms. The van der Waals surface area contributed by atoms with Crippen molar-refractivity contribution in [3.8, 4) is 17.1 Å². The summed E-state index contributed by atoms with van der Waals surface area (Å²) in [5, 5.41) is 12.1. The average molecular weight is 518 g/mol. The summed E-state index contributed by atoms with van der Waals surface area (Å²) in [7, 11) is -2.58. The van der Waals surface area contributed by atoms with E-state index in [1.165, 1.54) is 17.0 Å². The van der Waals surface area contributed by atoms with E-state index in [1.807, 2.05) is 25.1 Å². The van der Waals surface area contributed by atoms with E-state index in [1.54, 1.807) is 6.07 Å². The van der Waals surface area contributed by atoms with E-state index in [2.05, 4.69) is 22.4 Å². The van der Waals surface area contributed by atoms with Crippen molar-refractivity contribution in [2.24, 2.45) is 0 Å². The van der Waals surface area contributed by atoms with Crippen molar-refractivity contribution in [2.75, 3.05) is 46.5 Å². The van der Waals surface area contributed by atoms with Crippen molar-refractivity contribution in [3.05, 3.63) is 47.5 Å². The van der Waals surface area contributed by atoms with Crippen molar-refractivity contribution in [2.45, 2.75) is 43.3 Å². The lowest BCUT2D eigenvalue weighted by Gasteiger charge is -2.40. The van der Waals surface area contributed by atoms with Gasteiger partial charge in [-0.15, -0.1) is 0 Å². The van der Waals surface area contributed by atoms with Crippen LogP contribution in [0.15, 0.2) is 36.4 Å². The summed E-state index contributed by atoms with van der Waals surface area (Å²) >= 11 is 0. The molecule has 1 aromatic heterocycles. The molecule has 196 valence electrons. The van der Waals surface area contributed by atoms with Crippen LogP contribution in [-0.2, 0) is 19.6 Å². The molecule has 4 rings (SSSR count). The van der Waals surface area contributed by atoms with E-state index in [0.29, 0.717) is 44.9 Å². The molecular weight excluding hydrogens is 482 g/mol. The van der Waals surface area contributed by atoms with Gasteiger partial charge in [-0.2, -0.15) is 0 Å². The molecule has 0 bridgehead atoms. The summed E-state index contributed by atoms with van der Waals surface area (Å²) in [6.07, 6.45) is 1.83. The van der Waals surface area contributed by atoms with Crippen LogP contribution in [0.3, 0.4) is 0 Å². The molecule has 0 atom stereocenters. The second-order valence-electron chi connectivity index (χ2n) is 9.42. The fraction of sp³-hybridized carbons (Fsp3) is 0.538. The zero-order valence-corrected chi connectivity index (χ0v) is 21.7. The third-order valence-corrected chi connectivity index (χ3v) is 9.93. The molecule has 0 aliphatic carbocycles. The van der Waals surface area contributed by atoms with E-state index in [-0.39, 0.29) is 32.0 Å². The fourth-order valence-electron chi connectivity index (χ4n) is 5.28. The molecule has 10 heteroatoms. The Labute approximate surface area is 212 Å². The lowest BCUT2D eigenvalue weighted by Crippen LogP contribution is -2.59. The first-order valence-corrected chi connectivity index (χ1v) is 13.9. The Morgan fingerprint density at radius 2 is 1.92 bits per heavy atom. The quantitative estimate of drug-likeness (QED) is 0.512. The number of nitrogens with zero attached hydrogens (tertiary/aromatic N) is 2. The monoisotopic (exact) mass is 517 g/mol. The molecule has 0 saturated carbocycles. The topological polar surface area (TPSA) is 118 Å². The molecule has 2 saturated heterocycles. The normalized spacial score (nSPS) is 19.1. The van der Waals surface area contributed by atoms with Crippen molar-refractivity contribution in [1.29, 1.82) is 0 Å². The Morgan fingerprint density at radius 1 is 1.19 bits per heavy atom. The highest BCUT2D eigenvalue weighted by Gasteiger charge is 2.55. The SMILES string of the molecule is COC(=O)C1(S(=O)(=O)N2CCC(c3ccc(-c4cccc(OCCO)n4)c(C)c3)CC2)CCNCC1. The number of piperidine rings is 2. The number of aliphatic hydroxyl groups is 1. The number of pyridine rings is 1. The van der Waals surface area contributed by atoms with Crippen LogP contribution in [0, 0.1) is 6.92 Å². The van der Waals surface area contributed by atoms with Crippen molar-refractivity contribution in [3.63, 3.8) is 0 Å². The lowest BCUT2D eigenvalue weighted by atomic mass is 9.88. The first kappa shape index (κ1) is 26.5. The first-order valence-electron chi connectivity index (χ1n) is 12.4. The number of aryl methyl sites for hydroxylation is 1. The van der Waals surface area contributed by atoms with E-state index >= 15 is 0 Å². The van der Waals surface area contributed by atoms with Crippen LogP contribution in [0.2, 0.25) is 0 Å². The van der Waals surface area contributed by atoms with Gasteiger partial charge in [0.2, 0.25) is 15.9 Å². The number of carbonyl (C=O) groups excluding carboxylic acids is 1. The summed E-state index contributed by atoms with van der Waals surface area (Å²) in [6.45, 7) is 3.88. The minimum absolute atomic E-state index is 0.0688. The number of hydrogen-bond donors (Lipinski definition) is 2. The van der Waals surface area contributed by atoms with Crippen LogP contribution in [-0.4, -0.2) is 80.0 Å². The minimum atomic E-state index is -3.84. The Balaban J connectivity index is 1.47. The van der Waals surface area contributed by atoms with Crippen LogP contribution in [0.4, 0.5) is 0 Å². The highest BCUT2D eigenvalue weighted by molar-refractivity contribution is 7.91. The highest BCUT2D eigenvalue weighted by atomic mass is 32.2. The van der Waals surface area contributed by atoms with Crippen molar-refractivity contribution >= 4 is 16.0 Å². The van der Waals surface area contributed by atoms with E-state index in [9.17, 15) is 13.2 Å². The number of aliphatic hydroxyl groups excluding tert-OH is 1. The molecular formula is C26H35N3O6S. The zero-order valence-electron chi connectivity index (χ0n) is 20.9. The number of hydrogen-bond acceptors (Lipinski definition) is 8. The molecule has 9 nitrogen and oxygen atoms in total. The number of sulfonamides is 1. The highest BCUT2D eigenvalue weighted by Crippen LogP contribution is 2.37. The van der Waals surface area contributed by atoms with Gasteiger partial charge >= 0.3 is 5.97 Å². The van der Waals surface area contributed by atoms with Crippen LogP contribution in [0.5, 0.6) is 5.88 Å². The number of esters is 1. The van der Waals surface area contributed by atoms with Gasteiger partial charge in [0.15, 0.2) is 4.75 Å². The lowest BCUT2D eigenvalue weighted by molar-refractivity contribution is -0.144. The number of benzene rings is 1. The summed E-state index contributed by atoms with van der Waals surface area (Å²) < 4.78 is 37.6. The molecule has 36 heavy (non-hydrogen) atoms. The third-order valence-electron chi connectivity index (χ3n) is 7.32. The second-order valence-corrected chi connectivity index (χ2v) is 11.7. The molecule has 1 aromatic carbocycles. The fourth-order valence-corrected chi connectivity index (χ4v) is 7.48. The smallest absolute Gasteiger partial charge is 0.328 e. The molecule has 2 aliphatic rings. The number of ether oxygens (including phenoxy) is 2. The number of rotatable bonds is 8. The molecule has 0 radical (unpaired) electrons. The summed E-state index contributed by atoms with van der Waals surface area (Å²) in [5.41, 5.74) is 4.05. The molecule has 2 aromatic rings. The Hall–Kier alpha value is -2.53. The molecule has 2 aliphatic heterocycles. The van der Waals surface area contributed by atoms with Crippen LogP contribution in [0.1, 0.15) is 42.7 Å². The molecule has 2 fully saturated rings. The van der Waals surface area contributed by atoms with Crippen molar-refractivity contribution < 1.29 is 27.8 Å². The maximum absolute atomic E-state index is 13.6. The van der Waals surface area contributed by atoms with Gasteiger partial charge in [0.1, 0.15) is 6.61 Å². The maximum Gasteiger partial charge on any atom is 0.328 e. The zero-order chi connectivity index (χ0) is 25.8. The van der Waals surface area contributed by atoms with Gasteiger partial charge in [0.25, 0.3) is 0 Å². The Morgan fingerprint density at radius 3 is 2.56 bits per heavy atom. The predicted octanol–water partition coefficient (Wildman–Crippen LogP) is 2.23.